The molecule has 19 heavy (non-hydrogen) atoms. The molecule has 1 aromatic carbocycles. The molecule has 5 heteroatoms. The number of ether oxygens (including phenoxy) is 2. The fraction of sp³-hybridized carbons (Fsp3) is 0.357. The third-order valence-electron chi connectivity index (χ3n) is 2.62. The monoisotopic (exact) mass is 279 g/mol. The number of fused-ring (bicyclic) bond motifs is 1. The number of benzene rings is 1. The Morgan fingerprint density at radius 1 is 1.21 bits per heavy atom. The molecule has 2 aromatic rings. The molecule has 0 saturated heterocycles. The van der Waals surface area contributed by atoms with Gasteiger partial charge >= 0.3 is 0 Å². The van der Waals surface area contributed by atoms with Gasteiger partial charge in [0.05, 0.1) is 30.2 Å². The molecule has 1 aromatic heterocycles. The Kier molecular flexibility index (Phi) is 5.44. The maximum absolute atomic E-state index is 8.63. The van der Waals surface area contributed by atoms with E-state index in [1.54, 1.807) is 11.8 Å². The van der Waals surface area contributed by atoms with Crippen molar-refractivity contribution in [1.29, 1.82) is 0 Å². The molecule has 4 nitrogen and oxygen atoms in total. The van der Waals surface area contributed by atoms with E-state index in [2.05, 4.69) is 4.98 Å². The number of aliphatic hydroxyl groups excluding tert-OH is 1. The largest absolute Gasteiger partial charge is 0.489 e. The fourth-order valence-electron chi connectivity index (χ4n) is 1.76. The third-order valence-corrected chi connectivity index (χ3v) is 3.35. The van der Waals surface area contributed by atoms with Crippen LogP contribution in [-0.2, 0) is 4.74 Å². The Hall–Kier alpha value is -1.30. The van der Waals surface area contributed by atoms with E-state index >= 15 is 0 Å². The van der Waals surface area contributed by atoms with Gasteiger partial charge in [-0.25, -0.2) is 0 Å². The molecule has 0 unspecified atom stereocenters. The molecule has 0 aliphatic rings. The van der Waals surface area contributed by atoms with Gasteiger partial charge in [-0.05, 0) is 18.4 Å². The summed E-state index contributed by atoms with van der Waals surface area (Å²) in [4.78, 5) is 5.42. The first-order valence-corrected chi connectivity index (χ1v) is 7.32. The average molecular weight is 279 g/mol. The standard InChI is InChI=1S/C14H17NO3S/c1-19-13-10-15-12-5-3-2-4-11(12)14(13)18-9-8-17-7-6-16/h2-5,10,16H,6-9H2,1H3. The Labute approximate surface area is 116 Å². The van der Waals surface area contributed by atoms with Crippen LogP contribution in [0.4, 0.5) is 0 Å². The van der Waals surface area contributed by atoms with Crippen LogP contribution < -0.4 is 4.74 Å². The molecule has 0 saturated carbocycles. The number of nitrogens with zero attached hydrogens (tertiary/aromatic N) is 1. The van der Waals surface area contributed by atoms with Gasteiger partial charge in [-0.2, -0.15) is 0 Å². The molecule has 0 radical (unpaired) electrons. The Morgan fingerprint density at radius 2 is 2.05 bits per heavy atom. The van der Waals surface area contributed by atoms with Crippen molar-refractivity contribution in [2.45, 2.75) is 4.90 Å². The normalized spacial score (nSPS) is 10.8. The molecule has 0 spiro atoms. The molecular weight excluding hydrogens is 262 g/mol. The minimum Gasteiger partial charge on any atom is -0.489 e. The molecule has 0 atom stereocenters. The molecular formula is C14H17NO3S. The van der Waals surface area contributed by atoms with Gasteiger partial charge in [0.15, 0.2) is 0 Å². The van der Waals surface area contributed by atoms with Crippen molar-refractivity contribution in [2.75, 3.05) is 32.7 Å². The Morgan fingerprint density at radius 3 is 2.84 bits per heavy atom. The van der Waals surface area contributed by atoms with Gasteiger partial charge in [0, 0.05) is 11.6 Å². The van der Waals surface area contributed by atoms with Crippen LogP contribution in [0, 0.1) is 0 Å². The van der Waals surface area contributed by atoms with Crippen LogP contribution in [0.15, 0.2) is 35.4 Å². The predicted octanol–water partition coefficient (Wildman–Crippen LogP) is 2.34. The molecule has 0 aliphatic carbocycles. The van der Waals surface area contributed by atoms with Crippen LogP contribution >= 0.6 is 11.8 Å². The number of para-hydroxylation sites is 1. The van der Waals surface area contributed by atoms with E-state index < -0.39 is 0 Å². The fourth-order valence-corrected chi connectivity index (χ4v) is 2.27. The zero-order chi connectivity index (χ0) is 13.5. The minimum absolute atomic E-state index is 0.0360. The summed E-state index contributed by atoms with van der Waals surface area (Å²) >= 11 is 1.61. The lowest BCUT2D eigenvalue weighted by Crippen LogP contribution is -2.09. The van der Waals surface area contributed by atoms with Gasteiger partial charge in [0.2, 0.25) is 0 Å². The highest BCUT2D eigenvalue weighted by molar-refractivity contribution is 7.98. The maximum Gasteiger partial charge on any atom is 0.143 e. The van der Waals surface area contributed by atoms with Crippen LogP contribution in [-0.4, -0.2) is 42.8 Å². The average Bonchev–Trinajstić information content (AvgIpc) is 2.47. The number of thioether (sulfide) groups is 1. The van der Waals surface area contributed by atoms with Gasteiger partial charge in [-0.15, -0.1) is 11.8 Å². The van der Waals surface area contributed by atoms with Gasteiger partial charge in [-0.1, -0.05) is 12.1 Å². The van der Waals surface area contributed by atoms with Gasteiger partial charge in [0.1, 0.15) is 12.4 Å². The van der Waals surface area contributed by atoms with Crippen molar-refractivity contribution in [3.8, 4) is 5.75 Å². The summed E-state index contributed by atoms with van der Waals surface area (Å²) in [7, 11) is 0. The maximum atomic E-state index is 8.63. The zero-order valence-electron chi connectivity index (χ0n) is 10.8. The summed E-state index contributed by atoms with van der Waals surface area (Å²) in [6.45, 7) is 1.30. The zero-order valence-corrected chi connectivity index (χ0v) is 11.7. The molecule has 2 rings (SSSR count). The van der Waals surface area contributed by atoms with E-state index in [9.17, 15) is 0 Å². The van der Waals surface area contributed by atoms with E-state index in [1.807, 2.05) is 36.7 Å². The highest BCUT2D eigenvalue weighted by Crippen LogP contribution is 2.33. The first kappa shape index (κ1) is 14.1. The number of aromatic nitrogens is 1. The Balaban J connectivity index is 2.14. The topological polar surface area (TPSA) is 51.6 Å². The van der Waals surface area contributed by atoms with Crippen LogP contribution in [0.1, 0.15) is 0 Å². The number of hydrogen-bond acceptors (Lipinski definition) is 5. The lowest BCUT2D eigenvalue weighted by molar-refractivity contribution is 0.0702. The second kappa shape index (κ2) is 7.33. The van der Waals surface area contributed by atoms with E-state index in [0.29, 0.717) is 19.8 Å². The summed E-state index contributed by atoms with van der Waals surface area (Å²) in [6.07, 6.45) is 3.83. The summed E-state index contributed by atoms with van der Waals surface area (Å²) in [6, 6.07) is 7.91. The summed E-state index contributed by atoms with van der Waals surface area (Å²) < 4.78 is 11.0. The van der Waals surface area contributed by atoms with Crippen molar-refractivity contribution >= 4 is 22.7 Å². The van der Waals surface area contributed by atoms with E-state index in [0.717, 1.165) is 21.5 Å². The van der Waals surface area contributed by atoms with Crippen LogP contribution in [0.3, 0.4) is 0 Å². The molecule has 0 bridgehead atoms. The van der Waals surface area contributed by atoms with Gasteiger partial charge < -0.3 is 14.6 Å². The summed E-state index contributed by atoms with van der Waals surface area (Å²) in [5, 5.41) is 9.64. The van der Waals surface area contributed by atoms with Gasteiger partial charge in [-0.3, -0.25) is 4.98 Å². The Bertz CT molecular complexity index is 533. The van der Waals surface area contributed by atoms with Gasteiger partial charge in [0.25, 0.3) is 0 Å². The number of aliphatic hydroxyl groups is 1. The highest BCUT2D eigenvalue weighted by Gasteiger charge is 2.09. The summed E-state index contributed by atoms with van der Waals surface area (Å²) in [5.74, 6) is 0.852. The first-order chi connectivity index (χ1) is 9.36. The smallest absolute Gasteiger partial charge is 0.143 e. The molecule has 0 amide bonds. The SMILES string of the molecule is CSc1cnc2ccccc2c1OCCOCCO. The third kappa shape index (κ3) is 3.59. The molecule has 0 aliphatic heterocycles. The number of pyridine rings is 1. The lowest BCUT2D eigenvalue weighted by Gasteiger charge is -2.12. The van der Waals surface area contributed by atoms with Crippen molar-refractivity contribution in [3.05, 3.63) is 30.5 Å². The molecule has 0 fully saturated rings. The van der Waals surface area contributed by atoms with Crippen molar-refractivity contribution in [1.82, 2.24) is 4.98 Å². The number of hydrogen-bond donors (Lipinski definition) is 1. The molecule has 102 valence electrons. The molecule has 1 heterocycles. The highest BCUT2D eigenvalue weighted by atomic mass is 32.2. The second-order valence-corrected chi connectivity index (χ2v) is 4.71. The number of rotatable bonds is 7. The van der Waals surface area contributed by atoms with E-state index in [1.165, 1.54) is 0 Å². The molecule has 1 N–H and O–H groups in total. The predicted molar refractivity (Wildman–Crippen MR) is 76.9 cm³/mol. The first-order valence-electron chi connectivity index (χ1n) is 6.10. The lowest BCUT2D eigenvalue weighted by atomic mass is 10.2. The van der Waals surface area contributed by atoms with Crippen molar-refractivity contribution in [2.24, 2.45) is 0 Å². The quantitative estimate of drug-likeness (QED) is 0.623. The summed E-state index contributed by atoms with van der Waals surface area (Å²) in [5.41, 5.74) is 0.923. The second-order valence-electron chi connectivity index (χ2n) is 3.86. The van der Waals surface area contributed by atoms with Crippen molar-refractivity contribution < 1.29 is 14.6 Å². The van der Waals surface area contributed by atoms with Crippen molar-refractivity contribution in [3.63, 3.8) is 0 Å². The minimum atomic E-state index is 0.0360. The van der Waals surface area contributed by atoms with E-state index in [4.69, 9.17) is 14.6 Å². The van der Waals surface area contributed by atoms with E-state index in [-0.39, 0.29) is 6.61 Å². The van der Waals surface area contributed by atoms with Crippen LogP contribution in [0.5, 0.6) is 5.75 Å². The van der Waals surface area contributed by atoms with Crippen LogP contribution in [0.25, 0.3) is 10.9 Å². The van der Waals surface area contributed by atoms with Crippen LogP contribution in [0.2, 0.25) is 0 Å².